The van der Waals surface area contributed by atoms with Crippen LogP contribution in [0.3, 0.4) is 0 Å². The second-order valence-corrected chi connectivity index (χ2v) is 2.91. The predicted octanol–water partition coefficient (Wildman–Crippen LogP) is 1.80. The van der Waals surface area contributed by atoms with Crippen LogP contribution in [-0.4, -0.2) is 24.3 Å². The van der Waals surface area contributed by atoms with Gasteiger partial charge in [0.2, 0.25) is 0 Å². The van der Waals surface area contributed by atoms with Crippen LogP contribution in [0.4, 0.5) is 17.6 Å². The van der Waals surface area contributed by atoms with Crippen LogP contribution >= 0.6 is 0 Å². The highest BCUT2D eigenvalue weighted by atomic mass is 19.3. The minimum absolute atomic E-state index is 0.265. The van der Waals surface area contributed by atoms with Crippen molar-refractivity contribution in [2.24, 2.45) is 0 Å². The van der Waals surface area contributed by atoms with Gasteiger partial charge in [-0.25, -0.2) is 8.78 Å². The van der Waals surface area contributed by atoms with E-state index >= 15 is 0 Å². The lowest BCUT2D eigenvalue weighted by molar-refractivity contribution is -0.169. The lowest BCUT2D eigenvalue weighted by atomic mass is 10.1. The Labute approximate surface area is 85.0 Å². The van der Waals surface area contributed by atoms with Crippen molar-refractivity contribution < 1.29 is 22.4 Å². The van der Waals surface area contributed by atoms with Crippen LogP contribution in [0.15, 0.2) is 0 Å². The standard InChI is InChI=1S/C9H11F4NO/c1-3-5-6(4-2)14-8(15)9(12,13)7(10)11/h2,6-7H,3,5H2,1H3,(H,14,15). The third kappa shape index (κ3) is 3.78. The quantitative estimate of drug-likeness (QED) is 0.561. The van der Waals surface area contributed by atoms with Crippen molar-refractivity contribution in [2.45, 2.75) is 38.2 Å². The molecule has 0 rings (SSSR count). The van der Waals surface area contributed by atoms with Gasteiger partial charge < -0.3 is 5.32 Å². The van der Waals surface area contributed by atoms with E-state index in [2.05, 4.69) is 0 Å². The molecule has 0 saturated heterocycles. The zero-order chi connectivity index (χ0) is 12.1. The van der Waals surface area contributed by atoms with Crippen molar-refractivity contribution in [2.75, 3.05) is 0 Å². The number of hydrogen-bond donors (Lipinski definition) is 1. The first-order chi connectivity index (χ1) is 6.86. The molecule has 86 valence electrons. The van der Waals surface area contributed by atoms with Gasteiger partial charge in [-0.1, -0.05) is 19.3 Å². The normalized spacial score (nSPS) is 13.4. The van der Waals surface area contributed by atoms with Gasteiger partial charge in [-0.15, -0.1) is 6.42 Å². The van der Waals surface area contributed by atoms with Gasteiger partial charge in [0.15, 0.2) is 0 Å². The van der Waals surface area contributed by atoms with Crippen molar-refractivity contribution in [1.82, 2.24) is 5.32 Å². The molecule has 0 aliphatic rings. The smallest absolute Gasteiger partial charge is 0.337 e. The number of nitrogens with one attached hydrogen (secondary N) is 1. The molecule has 0 aliphatic heterocycles. The van der Waals surface area contributed by atoms with Crippen molar-refractivity contribution in [1.29, 1.82) is 0 Å². The molecule has 1 amide bonds. The molecule has 15 heavy (non-hydrogen) atoms. The molecule has 0 aromatic carbocycles. The molecule has 0 spiro atoms. The third-order valence-corrected chi connectivity index (χ3v) is 1.66. The summed E-state index contributed by atoms with van der Waals surface area (Å²) in [6, 6.07) is -0.938. The molecule has 1 atom stereocenters. The van der Waals surface area contributed by atoms with Crippen LogP contribution in [0.5, 0.6) is 0 Å². The molecular weight excluding hydrogens is 214 g/mol. The number of hydrogen-bond acceptors (Lipinski definition) is 1. The number of terminal acetylenes is 1. The first-order valence-electron chi connectivity index (χ1n) is 4.29. The molecule has 1 unspecified atom stereocenters. The van der Waals surface area contributed by atoms with Gasteiger partial charge in [0.05, 0.1) is 6.04 Å². The summed E-state index contributed by atoms with van der Waals surface area (Å²) in [6.07, 6.45) is 1.72. The van der Waals surface area contributed by atoms with Crippen LogP contribution in [0.25, 0.3) is 0 Å². The van der Waals surface area contributed by atoms with E-state index in [1.807, 2.05) is 5.92 Å². The molecule has 0 saturated carbocycles. The highest BCUT2D eigenvalue weighted by molar-refractivity contribution is 5.84. The zero-order valence-electron chi connectivity index (χ0n) is 8.07. The third-order valence-electron chi connectivity index (χ3n) is 1.66. The maximum atomic E-state index is 12.4. The summed E-state index contributed by atoms with van der Waals surface area (Å²) in [4.78, 5) is 10.7. The second-order valence-electron chi connectivity index (χ2n) is 2.91. The van der Waals surface area contributed by atoms with Gasteiger partial charge in [0.25, 0.3) is 5.91 Å². The van der Waals surface area contributed by atoms with Crippen LogP contribution in [0.1, 0.15) is 19.8 Å². The van der Waals surface area contributed by atoms with E-state index in [4.69, 9.17) is 6.42 Å². The summed E-state index contributed by atoms with van der Waals surface area (Å²) >= 11 is 0. The number of carbonyl (C=O) groups is 1. The lowest BCUT2D eigenvalue weighted by Gasteiger charge is -2.18. The molecule has 0 aliphatic carbocycles. The monoisotopic (exact) mass is 225 g/mol. The second kappa shape index (κ2) is 5.59. The number of halogens is 4. The van der Waals surface area contributed by atoms with Crippen LogP contribution in [0, 0.1) is 12.3 Å². The van der Waals surface area contributed by atoms with Crippen molar-refractivity contribution in [3.63, 3.8) is 0 Å². The van der Waals surface area contributed by atoms with E-state index in [1.165, 1.54) is 0 Å². The fraction of sp³-hybridized carbons (Fsp3) is 0.667. The lowest BCUT2D eigenvalue weighted by Crippen LogP contribution is -2.48. The summed E-state index contributed by atoms with van der Waals surface area (Å²) in [7, 11) is 0. The minimum Gasteiger partial charge on any atom is -0.337 e. The SMILES string of the molecule is C#CC(CCC)NC(=O)C(F)(F)C(F)F. The maximum absolute atomic E-state index is 12.4. The topological polar surface area (TPSA) is 29.1 Å². The van der Waals surface area contributed by atoms with E-state index in [1.54, 1.807) is 12.2 Å². The Morgan fingerprint density at radius 3 is 2.40 bits per heavy atom. The van der Waals surface area contributed by atoms with E-state index in [-0.39, 0.29) is 6.42 Å². The Bertz CT molecular complexity index is 259. The van der Waals surface area contributed by atoms with Gasteiger partial charge >= 0.3 is 12.3 Å². The Balaban J connectivity index is 4.42. The highest BCUT2D eigenvalue weighted by Crippen LogP contribution is 2.23. The van der Waals surface area contributed by atoms with E-state index in [0.29, 0.717) is 6.42 Å². The van der Waals surface area contributed by atoms with E-state index in [9.17, 15) is 22.4 Å². The molecule has 6 heteroatoms. The minimum atomic E-state index is -4.69. The molecule has 2 nitrogen and oxygen atoms in total. The zero-order valence-corrected chi connectivity index (χ0v) is 8.07. The van der Waals surface area contributed by atoms with Crippen molar-refractivity contribution >= 4 is 5.91 Å². The molecule has 0 radical (unpaired) electrons. The van der Waals surface area contributed by atoms with Gasteiger partial charge in [-0.3, -0.25) is 4.79 Å². The molecular formula is C9H11F4NO. The average molecular weight is 225 g/mol. The van der Waals surface area contributed by atoms with Gasteiger partial charge in [-0.2, -0.15) is 8.78 Å². The Morgan fingerprint density at radius 2 is 2.07 bits per heavy atom. The summed E-state index contributed by atoms with van der Waals surface area (Å²) in [5, 5.41) is 1.68. The fourth-order valence-electron chi connectivity index (χ4n) is 0.839. The summed E-state index contributed by atoms with van der Waals surface area (Å²) in [6.45, 7) is 1.72. The Hall–Kier alpha value is -1.25. The average Bonchev–Trinajstić information content (AvgIpc) is 2.16. The van der Waals surface area contributed by atoms with Crippen LogP contribution in [0.2, 0.25) is 0 Å². The maximum Gasteiger partial charge on any atom is 0.383 e. The summed E-state index contributed by atoms with van der Waals surface area (Å²) < 4.78 is 48.4. The Morgan fingerprint density at radius 1 is 1.53 bits per heavy atom. The highest BCUT2D eigenvalue weighted by Gasteiger charge is 2.49. The summed E-state index contributed by atoms with van der Waals surface area (Å²) in [5.74, 6) is -4.69. The predicted molar refractivity (Wildman–Crippen MR) is 46.6 cm³/mol. The first kappa shape index (κ1) is 13.8. The van der Waals surface area contributed by atoms with Gasteiger partial charge in [0, 0.05) is 0 Å². The van der Waals surface area contributed by atoms with Crippen LogP contribution in [-0.2, 0) is 4.79 Å². The fourth-order valence-corrected chi connectivity index (χ4v) is 0.839. The van der Waals surface area contributed by atoms with Crippen molar-refractivity contribution in [3.8, 4) is 12.3 Å². The van der Waals surface area contributed by atoms with Crippen molar-refractivity contribution in [3.05, 3.63) is 0 Å². The molecule has 0 bridgehead atoms. The Kier molecular flexibility index (Phi) is 5.12. The first-order valence-corrected chi connectivity index (χ1v) is 4.29. The molecule has 1 N–H and O–H groups in total. The number of carbonyl (C=O) groups excluding carboxylic acids is 1. The molecule has 0 fully saturated rings. The van der Waals surface area contributed by atoms with E-state index in [0.717, 1.165) is 0 Å². The largest absolute Gasteiger partial charge is 0.383 e. The molecule has 0 aromatic rings. The van der Waals surface area contributed by atoms with E-state index < -0.39 is 24.3 Å². The number of alkyl halides is 4. The molecule has 0 heterocycles. The molecule has 0 aromatic heterocycles. The van der Waals surface area contributed by atoms with Crippen LogP contribution < -0.4 is 5.32 Å². The summed E-state index contributed by atoms with van der Waals surface area (Å²) in [5.41, 5.74) is 0. The number of amides is 1. The number of rotatable bonds is 5. The van der Waals surface area contributed by atoms with Gasteiger partial charge in [0.1, 0.15) is 0 Å². The van der Waals surface area contributed by atoms with Gasteiger partial charge in [-0.05, 0) is 6.42 Å².